The Morgan fingerprint density at radius 1 is 1.11 bits per heavy atom. The van der Waals surface area contributed by atoms with Gasteiger partial charge in [-0.05, 0) is 18.4 Å². The van der Waals surface area contributed by atoms with Crippen LogP contribution >= 0.6 is 11.3 Å². The van der Waals surface area contributed by atoms with Crippen molar-refractivity contribution in [2.75, 3.05) is 0 Å². The molecule has 4 heteroatoms. The minimum atomic E-state index is 0.967. The molecule has 0 atom stereocenters. The normalized spacial score (nSPS) is 11.2. The third kappa shape index (κ3) is 1.93. The highest BCUT2D eigenvalue weighted by atomic mass is 32.1. The summed E-state index contributed by atoms with van der Waals surface area (Å²) < 4.78 is 1.88. The molecule has 0 aliphatic carbocycles. The zero-order valence-corrected chi connectivity index (χ0v) is 11.4. The monoisotopic (exact) mass is 257 g/mol. The van der Waals surface area contributed by atoms with Crippen LogP contribution in [0.3, 0.4) is 0 Å². The number of hydrogen-bond donors (Lipinski definition) is 0. The summed E-state index contributed by atoms with van der Waals surface area (Å²) in [7, 11) is 0. The van der Waals surface area contributed by atoms with E-state index >= 15 is 0 Å². The average molecular weight is 257 g/mol. The first-order valence-corrected chi connectivity index (χ1v) is 7.06. The molecule has 0 spiro atoms. The van der Waals surface area contributed by atoms with E-state index in [-0.39, 0.29) is 0 Å². The summed E-state index contributed by atoms with van der Waals surface area (Å²) in [6.07, 6.45) is 4.04. The molecule has 0 bridgehead atoms. The third-order valence-corrected chi connectivity index (χ3v) is 4.11. The molecule has 3 nitrogen and oxygen atoms in total. The molecule has 0 amide bonds. The topological polar surface area (TPSA) is 30.2 Å². The molecule has 0 aliphatic rings. The zero-order valence-electron chi connectivity index (χ0n) is 10.6. The first kappa shape index (κ1) is 11.4. The van der Waals surface area contributed by atoms with Gasteiger partial charge in [0.25, 0.3) is 0 Å². The molecule has 18 heavy (non-hydrogen) atoms. The van der Waals surface area contributed by atoms with Crippen molar-refractivity contribution in [2.24, 2.45) is 0 Å². The molecule has 0 unspecified atom stereocenters. The Kier molecular flexibility index (Phi) is 2.88. The van der Waals surface area contributed by atoms with Crippen molar-refractivity contribution in [3.05, 3.63) is 41.0 Å². The van der Waals surface area contributed by atoms with Gasteiger partial charge in [-0.2, -0.15) is 5.10 Å². The summed E-state index contributed by atoms with van der Waals surface area (Å²) in [4.78, 5) is 5.60. The molecule has 2 heterocycles. The molecule has 0 N–H and O–H groups in total. The lowest BCUT2D eigenvalue weighted by Crippen LogP contribution is -1.84. The lowest BCUT2D eigenvalue weighted by molar-refractivity contribution is 0.910. The van der Waals surface area contributed by atoms with Crippen LogP contribution in [0.5, 0.6) is 0 Å². The van der Waals surface area contributed by atoms with Crippen LogP contribution in [-0.2, 0) is 12.8 Å². The van der Waals surface area contributed by atoms with Crippen LogP contribution in [0.2, 0.25) is 0 Å². The maximum Gasteiger partial charge on any atom is 0.212 e. The highest BCUT2D eigenvalue weighted by Gasteiger charge is 2.08. The molecular formula is C14H15N3S. The number of hydrogen-bond acceptors (Lipinski definition) is 3. The van der Waals surface area contributed by atoms with Gasteiger partial charge in [0.15, 0.2) is 0 Å². The Labute approximate surface area is 110 Å². The van der Waals surface area contributed by atoms with E-state index in [2.05, 4.69) is 48.2 Å². The van der Waals surface area contributed by atoms with Crippen molar-refractivity contribution in [1.82, 2.24) is 14.6 Å². The van der Waals surface area contributed by atoms with Crippen molar-refractivity contribution in [3.63, 3.8) is 0 Å². The molecule has 3 aromatic rings. The molecule has 3 rings (SSSR count). The lowest BCUT2D eigenvalue weighted by atomic mass is 10.1. The van der Waals surface area contributed by atoms with Crippen molar-refractivity contribution in [3.8, 4) is 11.3 Å². The number of nitrogens with zero attached hydrogens (tertiary/aromatic N) is 3. The van der Waals surface area contributed by atoms with E-state index in [4.69, 9.17) is 0 Å². The van der Waals surface area contributed by atoms with Gasteiger partial charge < -0.3 is 0 Å². The zero-order chi connectivity index (χ0) is 12.5. The average Bonchev–Trinajstić information content (AvgIpc) is 2.96. The Morgan fingerprint density at radius 3 is 2.50 bits per heavy atom. The van der Waals surface area contributed by atoms with Gasteiger partial charge in [0.05, 0.1) is 11.9 Å². The number of aryl methyl sites for hydroxylation is 2. The quantitative estimate of drug-likeness (QED) is 0.718. The van der Waals surface area contributed by atoms with Gasteiger partial charge in [-0.15, -0.1) is 0 Å². The molecule has 0 saturated carbocycles. The maximum atomic E-state index is 4.63. The minimum absolute atomic E-state index is 0.967. The van der Waals surface area contributed by atoms with Crippen LogP contribution in [0.1, 0.15) is 24.4 Å². The second-order valence-corrected chi connectivity index (χ2v) is 5.29. The van der Waals surface area contributed by atoms with Crippen LogP contribution in [0.4, 0.5) is 0 Å². The van der Waals surface area contributed by atoms with Crippen LogP contribution in [-0.4, -0.2) is 14.6 Å². The molecule has 92 valence electrons. The predicted octanol–water partition coefficient (Wildman–Crippen LogP) is 3.58. The summed E-state index contributed by atoms with van der Waals surface area (Å²) in [5.74, 6) is 0. The fraction of sp³-hybridized carbons (Fsp3) is 0.286. The molecular weight excluding hydrogens is 242 g/mol. The van der Waals surface area contributed by atoms with Gasteiger partial charge in [-0.1, -0.05) is 49.4 Å². The molecule has 0 fully saturated rings. The first-order valence-electron chi connectivity index (χ1n) is 6.24. The highest BCUT2D eigenvalue weighted by Crippen LogP contribution is 2.22. The van der Waals surface area contributed by atoms with E-state index < -0.39 is 0 Å². The molecule has 2 aromatic heterocycles. The van der Waals surface area contributed by atoms with E-state index in [1.54, 1.807) is 11.3 Å². The van der Waals surface area contributed by atoms with Crippen molar-refractivity contribution in [2.45, 2.75) is 26.7 Å². The van der Waals surface area contributed by atoms with E-state index in [1.807, 2.05) is 10.7 Å². The molecule has 0 saturated heterocycles. The second kappa shape index (κ2) is 4.53. The van der Waals surface area contributed by atoms with Crippen molar-refractivity contribution >= 4 is 16.3 Å². The number of aromatic nitrogens is 3. The standard InChI is InChI=1S/C14H15N3S/c1-3-10-5-7-11(8-6-10)12-9-17-14(15-12)18-13(4-2)16-17/h5-9H,3-4H2,1-2H3. The van der Waals surface area contributed by atoms with Gasteiger partial charge in [-0.25, -0.2) is 9.50 Å². The number of rotatable bonds is 3. The smallest absolute Gasteiger partial charge is 0.212 e. The lowest BCUT2D eigenvalue weighted by Gasteiger charge is -1.98. The van der Waals surface area contributed by atoms with E-state index in [1.165, 1.54) is 5.56 Å². The predicted molar refractivity (Wildman–Crippen MR) is 75.1 cm³/mol. The van der Waals surface area contributed by atoms with Crippen LogP contribution in [0.15, 0.2) is 30.5 Å². The van der Waals surface area contributed by atoms with E-state index in [9.17, 15) is 0 Å². The molecule has 1 aromatic carbocycles. The summed E-state index contributed by atoms with van der Waals surface area (Å²) in [6, 6.07) is 8.58. The number of imidazole rings is 1. The van der Waals surface area contributed by atoms with Gasteiger partial charge in [-0.3, -0.25) is 0 Å². The Morgan fingerprint density at radius 2 is 1.89 bits per heavy atom. The van der Waals surface area contributed by atoms with E-state index in [0.29, 0.717) is 0 Å². The molecule has 0 radical (unpaired) electrons. The summed E-state index contributed by atoms with van der Waals surface area (Å²) >= 11 is 1.66. The highest BCUT2D eigenvalue weighted by molar-refractivity contribution is 7.16. The van der Waals surface area contributed by atoms with Gasteiger partial charge in [0.1, 0.15) is 5.01 Å². The van der Waals surface area contributed by atoms with Crippen LogP contribution < -0.4 is 0 Å². The van der Waals surface area contributed by atoms with Crippen LogP contribution in [0.25, 0.3) is 16.2 Å². The number of fused-ring (bicyclic) bond motifs is 1. The first-order chi connectivity index (χ1) is 8.80. The second-order valence-electron chi connectivity index (χ2n) is 4.25. The fourth-order valence-corrected chi connectivity index (χ4v) is 2.75. The molecule has 0 aliphatic heterocycles. The largest absolute Gasteiger partial charge is 0.217 e. The maximum absolute atomic E-state index is 4.63. The number of benzene rings is 1. The van der Waals surface area contributed by atoms with Crippen molar-refractivity contribution < 1.29 is 0 Å². The Hall–Kier alpha value is -1.68. The Balaban J connectivity index is 1.99. The van der Waals surface area contributed by atoms with Crippen molar-refractivity contribution in [1.29, 1.82) is 0 Å². The fourth-order valence-electron chi connectivity index (χ4n) is 1.93. The van der Waals surface area contributed by atoms with Gasteiger partial charge in [0.2, 0.25) is 4.96 Å². The van der Waals surface area contributed by atoms with Gasteiger partial charge >= 0.3 is 0 Å². The summed E-state index contributed by atoms with van der Waals surface area (Å²) in [5.41, 5.74) is 3.51. The minimum Gasteiger partial charge on any atom is -0.217 e. The van der Waals surface area contributed by atoms with Gasteiger partial charge in [0, 0.05) is 5.56 Å². The van der Waals surface area contributed by atoms with Crippen LogP contribution in [0, 0.1) is 0 Å². The SMILES string of the molecule is CCc1ccc(-c2cn3nc(CC)sc3n2)cc1. The summed E-state index contributed by atoms with van der Waals surface area (Å²) in [5, 5.41) is 5.61. The van der Waals surface area contributed by atoms with E-state index in [0.717, 1.165) is 34.1 Å². The third-order valence-electron chi connectivity index (χ3n) is 3.05. The Bertz CT molecular complexity index is 632. The summed E-state index contributed by atoms with van der Waals surface area (Å²) in [6.45, 7) is 4.28.